The summed E-state index contributed by atoms with van der Waals surface area (Å²) < 4.78 is 1.37. The summed E-state index contributed by atoms with van der Waals surface area (Å²) in [4.78, 5) is 36.2. The standard InChI is InChI=1S/C12H10BrN3O4/c13-7-5-16(12(20)15-10(7)17)4-6-2-1-3-8(14)9(6)11(18)19/h1-3,5H,4,14H2,(H,18,19)(H,15,17,20). The van der Waals surface area contributed by atoms with Gasteiger partial charge in [-0.3, -0.25) is 14.3 Å². The molecule has 1 aromatic heterocycles. The lowest BCUT2D eigenvalue weighted by Crippen LogP contribution is -2.30. The second-order valence-electron chi connectivity index (χ2n) is 4.05. The molecular weight excluding hydrogens is 330 g/mol. The van der Waals surface area contributed by atoms with Gasteiger partial charge in [-0.15, -0.1) is 0 Å². The van der Waals surface area contributed by atoms with Gasteiger partial charge in [0.1, 0.15) is 0 Å². The summed E-state index contributed by atoms with van der Waals surface area (Å²) in [7, 11) is 0. The molecule has 0 saturated heterocycles. The molecule has 4 N–H and O–H groups in total. The number of aromatic amines is 1. The highest BCUT2D eigenvalue weighted by atomic mass is 79.9. The van der Waals surface area contributed by atoms with Crippen LogP contribution in [0.25, 0.3) is 0 Å². The zero-order valence-electron chi connectivity index (χ0n) is 10.1. The molecule has 104 valence electrons. The number of halogens is 1. The molecule has 0 atom stereocenters. The van der Waals surface area contributed by atoms with Crippen LogP contribution in [0.5, 0.6) is 0 Å². The van der Waals surface area contributed by atoms with E-state index in [-0.39, 0.29) is 22.3 Å². The molecule has 0 amide bonds. The van der Waals surface area contributed by atoms with E-state index in [0.717, 1.165) is 0 Å². The van der Waals surface area contributed by atoms with Crippen LogP contribution in [0.4, 0.5) is 5.69 Å². The van der Waals surface area contributed by atoms with Crippen LogP contribution in [0.2, 0.25) is 0 Å². The maximum atomic E-state index is 11.7. The Kier molecular flexibility index (Phi) is 3.75. The van der Waals surface area contributed by atoms with Crippen molar-refractivity contribution in [3.63, 3.8) is 0 Å². The van der Waals surface area contributed by atoms with Crippen LogP contribution in [0.1, 0.15) is 15.9 Å². The summed E-state index contributed by atoms with van der Waals surface area (Å²) in [6.45, 7) is -0.0130. The molecule has 0 aliphatic rings. The third-order valence-corrected chi connectivity index (χ3v) is 3.27. The predicted octanol–water partition coefficient (Wildman–Crippen LogP) is 0.628. The van der Waals surface area contributed by atoms with Gasteiger partial charge in [0.25, 0.3) is 5.56 Å². The van der Waals surface area contributed by atoms with E-state index in [0.29, 0.717) is 5.56 Å². The summed E-state index contributed by atoms with van der Waals surface area (Å²) in [5.74, 6) is -1.17. The Morgan fingerprint density at radius 2 is 2.10 bits per heavy atom. The minimum atomic E-state index is -1.17. The fourth-order valence-corrected chi connectivity index (χ4v) is 2.14. The highest BCUT2D eigenvalue weighted by molar-refractivity contribution is 9.10. The smallest absolute Gasteiger partial charge is 0.338 e. The number of carboxylic acids is 1. The van der Waals surface area contributed by atoms with E-state index in [1.54, 1.807) is 12.1 Å². The van der Waals surface area contributed by atoms with Crippen LogP contribution >= 0.6 is 15.9 Å². The Morgan fingerprint density at radius 3 is 2.75 bits per heavy atom. The van der Waals surface area contributed by atoms with Crippen LogP contribution in [0.15, 0.2) is 38.5 Å². The molecule has 1 aromatic carbocycles. The average Bonchev–Trinajstić information content (AvgIpc) is 2.35. The molecule has 0 bridgehead atoms. The van der Waals surface area contributed by atoms with E-state index >= 15 is 0 Å². The van der Waals surface area contributed by atoms with Crippen LogP contribution in [0, 0.1) is 0 Å². The number of nitrogens with two attached hydrogens (primary N) is 1. The van der Waals surface area contributed by atoms with E-state index in [1.807, 2.05) is 0 Å². The van der Waals surface area contributed by atoms with Gasteiger partial charge in [-0.1, -0.05) is 12.1 Å². The number of H-pyrrole nitrogens is 1. The van der Waals surface area contributed by atoms with Gasteiger partial charge < -0.3 is 10.8 Å². The average molecular weight is 340 g/mol. The molecule has 0 radical (unpaired) electrons. The lowest BCUT2D eigenvalue weighted by atomic mass is 10.1. The van der Waals surface area contributed by atoms with Crippen LogP contribution in [-0.4, -0.2) is 20.6 Å². The molecule has 0 spiro atoms. The third kappa shape index (κ3) is 2.64. The Bertz CT molecular complexity index is 794. The van der Waals surface area contributed by atoms with Crippen LogP contribution < -0.4 is 17.0 Å². The fourth-order valence-electron chi connectivity index (χ4n) is 1.80. The molecule has 7 nitrogen and oxygen atoms in total. The Morgan fingerprint density at radius 1 is 1.40 bits per heavy atom. The van der Waals surface area contributed by atoms with Crippen LogP contribution in [-0.2, 0) is 6.54 Å². The molecule has 20 heavy (non-hydrogen) atoms. The van der Waals surface area contributed by atoms with Gasteiger partial charge in [-0.25, -0.2) is 9.59 Å². The number of nitrogen functional groups attached to an aromatic ring is 1. The van der Waals surface area contributed by atoms with Gasteiger partial charge >= 0.3 is 11.7 Å². The summed E-state index contributed by atoms with van der Waals surface area (Å²) in [5, 5.41) is 9.16. The zero-order chi connectivity index (χ0) is 14.9. The minimum absolute atomic E-state index is 0.0130. The van der Waals surface area contributed by atoms with E-state index in [9.17, 15) is 14.4 Å². The van der Waals surface area contributed by atoms with Crippen LogP contribution in [0.3, 0.4) is 0 Å². The summed E-state index contributed by atoms with van der Waals surface area (Å²) in [5.41, 5.74) is 4.90. The first kappa shape index (κ1) is 14.1. The molecule has 0 unspecified atom stereocenters. The molecule has 2 aromatic rings. The Hall–Kier alpha value is -2.35. The number of rotatable bonds is 3. The molecule has 0 saturated carbocycles. The third-order valence-electron chi connectivity index (χ3n) is 2.70. The number of nitrogens with zero attached hydrogens (tertiary/aromatic N) is 1. The number of aromatic carboxylic acids is 1. The van der Waals surface area contributed by atoms with Gasteiger partial charge in [0.05, 0.1) is 16.6 Å². The first-order valence-corrected chi connectivity index (χ1v) is 6.29. The van der Waals surface area contributed by atoms with Gasteiger partial charge in [0, 0.05) is 11.9 Å². The summed E-state index contributed by atoms with van der Waals surface area (Å²) in [6.07, 6.45) is 1.30. The van der Waals surface area contributed by atoms with Gasteiger partial charge in [-0.05, 0) is 27.6 Å². The quantitative estimate of drug-likeness (QED) is 0.708. The highest BCUT2D eigenvalue weighted by Gasteiger charge is 2.14. The zero-order valence-corrected chi connectivity index (χ0v) is 11.7. The fraction of sp³-hybridized carbons (Fsp3) is 0.0833. The number of nitrogens with one attached hydrogen (secondary N) is 1. The molecule has 0 fully saturated rings. The van der Waals surface area contributed by atoms with E-state index in [1.165, 1.54) is 16.8 Å². The number of anilines is 1. The predicted molar refractivity (Wildman–Crippen MR) is 75.9 cm³/mol. The van der Waals surface area contributed by atoms with Gasteiger partial charge in [0.15, 0.2) is 0 Å². The van der Waals surface area contributed by atoms with Crippen molar-refractivity contribution in [2.45, 2.75) is 6.54 Å². The molecular formula is C12H10BrN3O4. The summed E-state index contributed by atoms with van der Waals surface area (Å²) in [6, 6.07) is 4.63. The molecule has 1 heterocycles. The number of carbonyl (C=O) groups is 1. The Balaban J connectivity index is 2.54. The molecule has 0 aliphatic heterocycles. The normalized spacial score (nSPS) is 10.4. The Labute approximate surface area is 120 Å². The van der Waals surface area contributed by atoms with Crippen molar-refractivity contribution in [2.75, 3.05) is 5.73 Å². The maximum Gasteiger partial charge on any atom is 0.338 e. The number of benzene rings is 1. The largest absolute Gasteiger partial charge is 0.478 e. The van der Waals surface area contributed by atoms with Crippen molar-refractivity contribution in [3.8, 4) is 0 Å². The molecule has 2 rings (SSSR count). The SMILES string of the molecule is Nc1cccc(Cn2cc(Br)c(=O)[nH]c2=O)c1C(=O)O. The lowest BCUT2D eigenvalue weighted by molar-refractivity contribution is 0.0696. The first-order valence-electron chi connectivity index (χ1n) is 5.50. The first-order chi connectivity index (χ1) is 9.40. The second-order valence-corrected chi connectivity index (χ2v) is 4.91. The second kappa shape index (κ2) is 5.33. The monoisotopic (exact) mass is 339 g/mol. The van der Waals surface area contributed by atoms with E-state index in [2.05, 4.69) is 20.9 Å². The summed E-state index contributed by atoms with van der Waals surface area (Å²) >= 11 is 3.01. The highest BCUT2D eigenvalue weighted by Crippen LogP contribution is 2.18. The van der Waals surface area contributed by atoms with Crippen molar-refractivity contribution in [3.05, 3.63) is 60.8 Å². The number of aromatic nitrogens is 2. The van der Waals surface area contributed by atoms with E-state index in [4.69, 9.17) is 10.8 Å². The molecule has 0 aliphatic carbocycles. The van der Waals surface area contributed by atoms with Gasteiger partial charge in [-0.2, -0.15) is 0 Å². The van der Waals surface area contributed by atoms with E-state index < -0.39 is 17.2 Å². The van der Waals surface area contributed by atoms with Crippen molar-refractivity contribution in [1.29, 1.82) is 0 Å². The minimum Gasteiger partial charge on any atom is -0.478 e. The lowest BCUT2D eigenvalue weighted by Gasteiger charge is -2.10. The van der Waals surface area contributed by atoms with Crippen molar-refractivity contribution < 1.29 is 9.90 Å². The topological polar surface area (TPSA) is 118 Å². The number of hydrogen-bond acceptors (Lipinski definition) is 4. The number of carboxylic acid groups (broad SMARTS) is 1. The number of hydrogen-bond donors (Lipinski definition) is 3. The van der Waals surface area contributed by atoms with Crippen molar-refractivity contribution in [2.24, 2.45) is 0 Å². The maximum absolute atomic E-state index is 11.7. The van der Waals surface area contributed by atoms with Crippen molar-refractivity contribution in [1.82, 2.24) is 9.55 Å². The molecule has 8 heteroatoms. The van der Waals surface area contributed by atoms with Crippen molar-refractivity contribution >= 4 is 27.6 Å². The van der Waals surface area contributed by atoms with Gasteiger partial charge in [0.2, 0.25) is 0 Å².